The third-order valence-electron chi connectivity index (χ3n) is 8.03. The van der Waals surface area contributed by atoms with Crippen molar-refractivity contribution < 1.29 is 14.3 Å². The number of unbranched alkanes of at least 4 members (excludes halogenated alkanes) is 1. The van der Waals surface area contributed by atoms with Crippen LogP contribution < -0.4 is 10.5 Å². The zero-order valence-electron chi connectivity index (χ0n) is 23.2. The summed E-state index contributed by atoms with van der Waals surface area (Å²) in [5, 5.41) is 9.94. The van der Waals surface area contributed by atoms with Crippen molar-refractivity contribution in [2.24, 2.45) is 5.92 Å². The molecule has 10 heteroatoms. The van der Waals surface area contributed by atoms with E-state index in [1.165, 1.54) is 18.2 Å². The maximum Gasteiger partial charge on any atom is 0.309 e. The molecular formula is C29H38N4O4S2. The molecule has 2 saturated heterocycles. The van der Waals surface area contributed by atoms with Gasteiger partial charge in [-0.15, -0.1) is 0 Å². The van der Waals surface area contributed by atoms with Gasteiger partial charge in [0.25, 0.3) is 11.5 Å². The summed E-state index contributed by atoms with van der Waals surface area (Å²) in [6.45, 7) is 7.63. The molecule has 0 aromatic carbocycles. The summed E-state index contributed by atoms with van der Waals surface area (Å²) in [7, 11) is 0. The minimum absolute atomic E-state index is 0.0897. The summed E-state index contributed by atoms with van der Waals surface area (Å²) in [5.74, 6) is 0.276. The van der Waals surface area contributed by atoms with Crippen LogP contribution in [0.3, 0.4) is 0 Å². The van der Waals surface area contributed by atoms with Crippen molar-refractivity contribution in [3.8, 4) is 6.07 Å². The predicted octanol–water partition coefficient (Wildman–Crippen LogP) is 5.14. The van der Waals surface area contributed by atoms with E-state index in [4.69, 9.17) is 17.0 Å². The van der Waals surface area contributed by atoms with Crippen molar-refractivity contribution in [2.75, 3.05) is 24.6 Å². The smallest absolute Gasteiger partial charge is 0.309 e. The van der Waals surface area contributed by atoms with E-state index < -0.39 is 0 Å². The number of nitriles is 1. The second-order valence-electron chi connectivity index (χ2n) is 10.5. The van der Waals surface area contributed by atoms with E-state index in [2.05, 4.69) is 17.9 Å². The maximum absolute atomic E-state index is 13.6. The van der Waals surface area contributed by atoms with Gasteiger partial charge in [0.05, 0.1) is 17.4 Å². The van der Waals surface area contributed by atoms with Crippen LogP contribution >= 0.6 is 24.0 Å². The highest BCUT2D eigenvalue weighted by atomic mass is 32.2. The summed E-state index contributed by atoms with van der Waals surface area (Å²) in [5.41, 5.74) is 1.07. The molecule has 0 N–H and O–H groups in total. The number of carbonyl (C=O) groups excluding carboxylic acids is 2. The van der Waals surface area contributed by atoms with Crippen LogP contribution in [0.2, 0.25) is 0 Å². The molecule has 1 aliphatic carbocycles. The number of esters is 1. The van der Waals surface area contributed by atoms with Gasteiger partial charge in [0.1, 0.15) is 21.8 Å². The third-order valence-corrected chi connectivity index (χ3v) is 9.37. The molecule has 0 unspecified atom stereocenters. The van der Waals surface area contributed by atoms with E-state index >= 15 is 0 Å². The number of thioether (sulfide) groups is 1. The van der Waals surface area contributed by atoms with Gasteiger partial charge in [-0.05, 0) is 57.6 Å². The molecule has 0 bridgehead atoms. The minimum Gasteiger partial charge on any atom is -0.466 e. The number of pyridine rings is 1. The normalized spacial score (nSPS) is 20.1. The van der Waals surface area contributed by atoms with Crippen molar-refractivity contribution >= 4 is 52.1 Å². The number of hydrogen-bond acceptors (Lipinski definition) is 8. The van der Waals surface area contributed by atoms with Crippen LogP contribution in [-0.4, -0.2) is 51.4 Å². The van der Waals surface area contributed by atoms with E-state index in [0.717, 1.165) is 44.3 Å². The fourth-order valence-electron chi connectivity index (χ4n) is 5.86. The van der Waals surface area contributed by atoms with Crippen LogP contribution in [0.25, 0.3) is 6.08 Å². The van der Waals surface area contributed by atoms with Crippen molar-refractivity contribution in [2.45, 2.75) is 91.1 Å². The molecule has 0 spiro atoms. The fraction of sp³-hybridized carbons (Fsp3) is 0.621. The van der Waals surface area contributed by atoms with Gasteiger partial charge in [-0.2, -0.15) is 5.26 Å². The van der Waals surface area contributed by atoms with Gasteiger partial charge in [-0.25, -0.2) is 0 Å². The van der Waals surface area contributed by atoms with Gasteiger partial charge in [0, 0.05) is 31.2 Å². The lowest BCUT2D eigenvalue weighted by atomic mass is 9.94. The molecule has 8 nitrogen and oxygen atoms in total. The zero-order valence-corrected chi connectivity index (χ0v) is 24.8. The Morgan fingerprint density at radius 2 is 1.85 bits per heavy atom. The number of amides is 1. The fourth-order valence-corrected chi connectivity index (χ4v) is 7.24. The second-order valence-corrected chi connectivity index (χ2v) is 12.2. The molecular weight excluding hydrogens is 532 g/mol. The van der Waals surface area contributed by atoms with Gasteiger partial charge in [-0.3, -0.25) is 23.9 Å². The van der Waals surface area contributed by atoms with E-state index in [1.807, 2.05) is 13.0 Å². The van der Waals surface area contributed by atoms with Crippen LogP contribution in [0.1, 0.15) is 88.3 Å². The van der Waals surface area contributed by atoms with Crippen LogP contribution in [0.15, 0.2) is 9.70 Å². The molecule has 2 aliphatic heterocycles. The summed E-state index contributed by atoms with van der Waals surface area (Å²) in [4.78, 5) is 44.0. The van der Waals surface area contributed by atoms with Crippen molar-refractivity contribution in [1.29, 1.82) is 5.26 Å². The Balaban J connectivity index is 1.77. The van der Waals surface area contributed by atoms with Crippen LogP contribution in [0.4, 0.5) is 5.82 Å². The SMILES string of the molecule is CCCCn1c(N2CCC(C(=O)OCC)CC2)c(C=C2SC(=S)N(C3CCCCC3)C2=O)c(C)c(C#N)c1=O. The summed E-state index contributed by atoms with van der Waals surface area (Å²) in [6.07, 6.45) is 10.0. The Kier molecular flexibility index (Phi) is 9.89. The van der Waals surface area contributed by atoms with E-state index in [0.29, 0.717) is 59.4 Å². The molecule has 1 amide bonds. The van der Waals surface area contributed by atoms with Crippen molar-refractivity contribution in [3.63, 3.8) is 0 Å². The second kappa shape index (κ2) is 13.1. The molecule has 3 aliphatic rings. The van der Waals surface area contributed by atoms with Gasteiger partial charge < -0.3 is 9.64 Å². The predicted molar refractivity (Wildman–Crippen MR) is 159 cm³/mol. The highest BCUT2D eigenvalue weighted by molar-refractivity contribution is 8.26. The first-order valence-electron chi connectivity index (χ1n) is 14.2. The molecule has 1 aromatic heterocycles. The first kappa shape index (κ1) is 29.3. The molecule has 39 heavy (non-hydrogen) atoms. The Morgan fingerprint density at radius 3 is 2.46 bits per heavy atom. The molecule has 3 fully saturated rings. The molecule has 210 valence electrons. The first-order valence-corrected chi connectivity index (χ1v) is 15.4. The standard InChI is InChI=1S/C29H38N4O4S2/c1-4-6-14-32-25(31-15-12-20(13-16-31)28(36)37-5-2)22(19(3)23(18-30)26(32)34)17-24-27(35)33(29(38)39-24)21-10-8-7-9-11-21/h17,20-21H,4-16H2,1-3H3. The van der Waals surface area contributed by atoms with E-state index in [-0.39, 0.29) is 35.0 Å². The summed E-state index contributed by atoms with van der Waals surface area (Å²) < 4.78 is 7.52. The Labute approximate surface area is 240 Å². The van der Waals surface area contributed by atoms with Crippen molar-refractivity contribution in [3.05, 3.63) is 31.9 Å². The zero-order chi connectivity index (χ0) is 28.1. The molecule has 0 radical (unpaired) electrons. The van der Waals surface area contributed by atoms with Gasteiger partial charge >= 0.3 is 5.97 Å². The van der Waals surface area contributed by atoms with Crippen LogP contribution in [-0.2, 0) is 20.9 Å². The lowest BCUT2D eigenvalue weighted by molar-refractivity contribution is -0.148. The molecule has 4 rings (SSSR count). The number of piperidine rings is 1. The number of anilines is 1. The maximum atomic E-state index is 13.6. The van der Waals surface area contributed by atoms with Gasteiger partial charge in [0.2, 0.25) is 0 Å². The van der Waals surface area contributed by atoms with Crippen LogP contribution in [0, 0.1) is 24.2 Å². The van der Waals surface area contributed by atoms with Crippen molar-refractivity contribution in [1.82, 2.24) is 9.47 Å². The Morgan fingerprint density at radius 1 is 1.15 bits per heavy atom. The average molecular weight is 571 g/mol. The highest BCUT2D eigenvalue weighted by Gasteiger charge is 2.38. The van der Waals surface area contributed by atoms with Gasteiger partial charge in [-0.1, -0.05) is 56.6 Å². The summed E-state index contributed by atoms with van der Waals surface area (Å²) >= 11 is 6.96. The number of rotatable bonds is 8. The number of nitrogens with zero attached hydrogens (tertiary/aromatic N) is 4. The molecule has 1 saturated carbocycles. The number of aromatic nitrogens is 1. The number of thiocarbonyl (C=S) groups is 1. The average Bonchev–Trinajstić information content (AvgIpc) is 3.22. The number of hydrogen-bond donors (Lipinski definition) is 0. The number of ether oxygens (including phenoxy) is 1. The quantitative estimate of drug-likeness (QED) is 0.241. The van der Waals surface area contributed by atoms with Gasteiger partial charge in [0.15, 0.2) is 0 Å². The molecule has 0 atom stereocenters. The number of carbonyl (C=O) groups is 2. The third kappa shape index (κ3) is 6.09. The van der Waals surface area contributed by atoms with Crippen LogP contribution in [0.5, 0.6) is 0 Å². The largest absolute Gasteiger partial charge is 0.466 e. The first-order chi connectivity index (χ1) is 18.8. The van der Waals surface area contributed by atoms with E-state index in [9.17, 15) is 19.6 Å². The monoisotopic (exact) mass is 570 g/mol. The minimum atomic E-state index is -0.308. The molecule has 3 heterocycles. The Bertz CT molecular complexity index is 1250. The highest BCUT2D eigenvalue weighted by Crippen LogP contribution is 2.39. The molecule has 1 aromatic rings. The Hall–Kier alpha value is -2.64. The lowest BCUT2D eigenvalue weighted by Gasteiger charge is -2.35. The topological polar surface area (TPSA) is 95.6 Å². The van der Waals surface area contributed by atoms with E-state index in [1.54, 1.807) is 16.4 Å². The summed E-state index contributed by atoms with van der Waals surface area (Å²) in [6, 6.07) is 2.25. The lowest BCUT2D eigenvalue weighted by Crippen LogP contribution is -2.41.